The topological polar surface area (TPSA) is 55.6 Å². The molecule has 3 atom stereocenters. The summed E-state index contributed by atoms with van der Waals surface area (Å²) >= 11 is 0. The predicted molar refractivity (Wildman–Crippen MR) is 82.4 cm³/mol. The third kappa shape index (κ3) is 5.41. The molecule has 4 heteroatoms. The Kier molecular flexibility index (Phi) is 6.46. The van der Waals surface area contributed by atoms with E-state index in [0.717, 1.165) is 25.9 Å². The molecule has 3 unspecified atom stereocenters. The first-order valence-corrected chi connectivity index (χ1v) is 7.87. The van der Waals surface area contributed by atoms with Crippen molar-refractivity contribution in [3.05, 3.63) is 0 Å². The largest absolute Gasteiger partial charge is 0.372 e. The van der Waals surface area contributed by atoms with Gasteiger partial charge < -0.3 is 15.4 Å². The molecule has 118 valence electrons. The molecule has 0 aliphatic carbocycles. The minimum atomic E-state index is 0.144. The fourth-order valence-corrected chi connectivity index (χ4v) is 3.05. The Morgan fingerprint density at radius 2 is 1.80 bits per heavy atom. The van der Waals surface area contributed by atoms with Crippen LogP contribution in [0.2, 0.25) is 0 Å². The van der Waals surface area contributed by atoms with Gasteiger partial charge in [0.1, 0.15) is 0 Å². The van der Waals surface area contributed by atoms with Crippen molar-refractivity contribution in [1.82, 2.24) is 4.90 Å². The molecule has 1 amide bonds. The van der Waals surface area contributed by atoms with Gasteiger partial charge in [-0.25, -0.2) is 0 Å². The molecule has 0 saturated carbocycles. The fraction of sp³-hybridized carbons (Fsp3) is 0.938. The van der Waals surface area contributed by atoms with Gasteiger partial charge in [-0.2, -0.15) is 0 Å². The number of nitrogens with two attached hydrogens (primary N) is 1. The second-order valence-corrected chi connectivity index (χ2v) is 7.24. The van der Waals surface area contributed by atoms with Crippen LogP contribution in [0.4, 0.5) is 0 Å². The maximum atomic E-state index is 12.4. The standard InChI is InChI=1S/C16H32N2O2/c1-12-10-18(11-13(2)20-12)15(19)7-6-14(8-9-17)16(3,4)5/h12-14H,6-11,17H2,1-5H3. The highest BCUT2D eigenvalue weighted by Crippen LogP contribution is 2.32. The molecule has 0 aromatic heterocycles. The van der Waals surface area contributed by atoms with E-state index in [4.69, 9.17) is 10.5 Å². The molecule has 0 bridgehead atoms. The highest BCUT2D eigenvalue weighted by atomic mass is 16.5. The van der Waals surface area contributed by atoms with Gasteiger partial charge in [0.15, 0.2) is 0 Å². The third-order valence-corrected chi connectivity index (χ3v) is 4.22. The van der Waals surface area contributed by atoms with Crippen molar-refractivity contribution in [3.63, 3.8) is 0 Å². The monoisotopic (exact) mass is 284 g/mol. The zero-order valence-electron chi connectivity index (χ0n) is 13.8. The van der Waals surface area contributed by atoms with Gasteiger partial charge in [0.25, 0.3) is 0 Å². The van der Waals surface area contributed by atoms with E-state index in [1.54, 1.807) is 0 Å². The summed E-state index contributed by atoms with van der Waals surface area (Å²) in [6, 6.07) is 0. The summed E-state index contributed by atoms with van der Waals surface area (Å²) in [5.41, 5.74) is 5.91. The number of rotatable bonds is 5. The molecule has 1 rings (SSSR count). The molecule has 1 aliphatic rings. The number of hydrogen-bond donors (Lipinski definition) is 1. The van der Waals surface area contributed by atoms with Gasteiger partial charge in [0.2, 0.25) is 5.91 Å². The maximum absolute atomic E-state index is 12.4. The summed E-state index contributed by atoms with van der Waals surface area (Å²) in [6.45, 7) is 12.9. The second-order valence-electron chi connectivity index (χ2n) is 7.24. The predicted octanol–water partition coefficient (Wildman–Crippen LogP) is 2.41. The minimum Gasteiger partial charge on any atom is -0.372 e. The van der Waals surface area contributed by atoms with Crippen LogP contribution in [0.5, 0.6) is 0 Å². The van der Waals surface area contributed by atoms with Crippen LogP contribution >= 0.6 is 0 Å². The Morgan fingerprint density at radius 3 is 2.25 bits per heavy atom. The molecular weight excluding hydrogens is 252 g/mol. The number of ether oxygens (including phenoxy) is 1. The summed E-state index contributed by atoms with van der Waals surface area (Å²) in [4.78, 5) is 14.3. The Labute approximate surface area is 124 Å². The average molecular weight is 284 g/mol. The summed E-state index contributed by atoms with van der Waals surface area (Å²) in [5, 5.41) is 0. The molecule has 0 radical (unpaired) electrons. The smallest absolute Gasteiger partial charge is 0.222 e. The minimum absolute atomic E-state index is 0.144. The molecule has 1 aliphatic heterocycles. The van der Waals surface area contributed by atoms with Gasteiger partial charge in [-0.15, -0.1) is 0 Å². The second kappa shape index (κ2) is 7.41. The Hall–Kier alpha value is -0.610. The lowest BCUT2D eigenvalue weighted by molar-refractivity contribution is -0.143. The van der Waals surface area contributed by atoms with Crippen LogP contribution in [-0.2, 0) is 9.53 Å². The normalized spacial score (nSPS) is 25.6. The highest BCUT2D eigenvalue weighted by Gasteiger charge is 2.28. The Morgan fingerprint density at radius 1 is 1.25 bits per heavy atom. The maximum Gasteiger partial charge on any atom is 0.222 e. The SMILES string of the molecule is CC1CN(C(=O)CCC(CCN)C(C)(C)C)CC(C)O1. The van der Waals surface area contributed by atoms with Crippen LogP contribution in [0.1, 0.15) is 53.9 Å². The average Bonchev–Trinajstić information content (AvgIpc) is 2.31. The van der Waals surface area contributed by atoms with Crippen molar-refractivity contribution in [2.45, 2.75) is 66.1 Å². The van der Waals surface area contributed by atoms with Crippen molar-refractivity contribution in [2.75, 3.05) is 19.6 Å². The van der Waals surface area contributed by atoms with Crippen molar-refractivity contribution in [2.24, 2.45) is 17.1 Å². The molecule has 1 saturated heterocycles. The fourth-order valence-electron chi connectivity index (χ4n) is 3.05. The van der Waals surface area contributed by atoms with E-state index in [1.807, 2.05) is 18.7 Å². The molecule has 1 fully saturated rings. The van der Waals surface area contributed by atoms with E-state index in [2.05, 4.69) is 20.8 Å². The zero-order chi connectivity index (χ0) is 15.3. The van der Waals surface area contributed by atoms with Gasteiger partial charge in [-0.1, -0.05) is 20.8 Å². The molecular formula is C16H32N2O2. The van der Waals surface area contributed by atoms with Gasteiger partial charge >= 0.3 is 0 Å². The quantitative estimate of drug-likeness (QED) is 0.843. The van der Waals surface area contributed by atoms with E-state index in [9.17, 15) is 4.79 Å². The van der Waals surface area contributed by atoms with Gasteiger partial charge in [-0.3, -0.25) is 4.79 Å². The molecule has 2 N–H and O–H groups in total. The summed E-state index contributed by atoms with van der Waals surface area (Å²) in [5.74, 6) is 0.769. The van der Waals surface area contributed by atoms with Crippen molar-refractivity contribution in [1.29, 1.82) is 0 Å². The first-order valence-electron chi connectivity index (χ1n) is 7.87. The van der Waals surface area contributed by atoms with Gasteiger partial charge in [-0.05, 0) is 44.6 Å². The lowest BCUT2D eigenvalue weighted by atomic mass is 9.76. The first kappa shape index (κ1) is 17.4. The highest BCUT2D eigenvalue weighted by molar-refractivity contribution is 5.76. The number of hydrogen-bond acceptors (Lipinski definition) is 3. The summed E-state index contributed by atoms with van der Waals surface area (Å²) < 4.78 is 5.67. The lowest BCUT2D eigenvalue weighted by Gasteiger charge is -2.36. The summed E-state index contributed by atoms with van der Waals surface area (Å²) in [7, 11) is 0. The third-order valence-electron chi connectivity index (χ3n) is 4.22. The van der Waals surface area contributed by atoms with Gasteiger partial charge in [0.05, 0.1) is 12.2 Å². The lowest BCUT2D eigenvalue weighted by Crippen LogP contribution is -2.48. The van der Waals surface area contributed by atoms with E-state index in [-0.39, 0.29) is 23.5 Å². The molecule has 20 heavy (non-hydrogen) atoms. The molecule has 0 spiro atoms. The number of morpholine rings is 1. The van der Waals surface area contributed by atoms with Crippen molar-refractivity contribution < 1.29 is 9.53 Å². The first-order chi connectivity index (χ1) is 9.24. The van der Waals surface area contributed by atoms with E-state index >= 15 is 0 Å². The van der Waals surface area contributed by atoms with E-state index in [1.165, 1.54) is 0 Å². The van der Waals surface area contributed by atoms with Crippen LogP contribution in [0, 0.1) is 11.3 Å². The van der Waals surface area contributed by atoms with Crippen molar-refractivity contribution in [3.8, 4) is 0 Å². The molecule has 4 nitrogen and oxygen atoms in total. The Bertz CT molecular complexity index is 302. The summed E-state index contributed by atoms with van der Waals surface area (Å²) in [6.07, 6.45) is 2.84. The van der Waals surface area contributed by atoms with Crippen LogP contribution in [0.25, 0.3) is 0 Å². The number of carbonyl (C=O) groups excluding carboxylic acids is 1. The van der Waals surface area contributed by atoms with Crippen LogP contribution in [0.3, 0.4) is 0 Å². The molecule has 0 aromatic carbocycles. The van der Waals surface area contributed by atoms with E-state index < -0.39 is 0 Å². The zero-order valence-corrected chi connectivity index (χ0v) is 13.8. The Balaban J connectivity index is 2.48. The number of nitrogens with zero attached hydrogens (tertiary/aromatic N) is 1. The molecule has 1 heterocycles. The number of carbonyl (C=O) groups is 1. The molecule has 0 aromatic rings. The van der Waals surface area contributed by atoms with Crippen LogP contribution < -0.4 is 5.73 Å². The number of amides is 1. The van der Waals surface area contributed by atoms with Crippen molar-refractivity contribution >= 4 is 5.91 Å². The van der Waals surface area contributed by atoms with E-state index in [0.29, 0.717) is 18.9 Å². The van der Waals surface area contributed by atoms with Crippen LogP contribution in [-0.4, -0.2) is 42.6 Å². The van der Waals surface area contributed by atoms with Gasteiger partial charge in [0, 0.05) is 19.5 Å². The van der Waals surface area contributed by atoms with Crippen LogP contribution in [0.15, 0.2) is 0 Å².